The minimum atomic E-state index is -0.288. The fourth-order valence-electron chi connectivity index (χ4n) is 3.93. The first-order chi connectivity index (χ1) is 16.2. The third kappa shape index (κ3) is 6.55. The van der Waals surface area contributed by atoms with Crippen LogP contribution in [0, 0.1) is 0 Å². The van der Waals surface area contributed by atoms with Crippen molar-refractivity contribution >= 4 is 0 Å². The molecular weight excluding hydrogens is 412 g/mol. The molecule has 0 aromatic heterocycles. The second-order valence-electron chi connectivity index (χ2n) is 8.50. The highest BCUT2D eigenvalue weighted by atomic mass is 16.6. The molecule has 1 aliphatic rings. The fraction of sp³-hybridized carbons (Fsp3) is 0.310. The Bertz CT molecular complexity index is 998. The summed E-state index contributed by atoms with van der Waals surface area (Å²) in [7, 11) is 0. The van der Waals surface area contributed by atoms with E-state index in [1.54, 1.807) is 0 Å². The monoisotopic (exact) mass is 444 g/mol. The normalized spacial score (nSPS) is 19.9. The Morgan fingerprint density at radius 1 is 0.667 bits per heavy atom. The van der Waals surface area contributed by atoms with Crippen molar-refractivity contribution in [2.24, 2.45) is 0 Å². The van der Waals surface area contributed by atoms with E-state index in [9.17, 15) is 0 Å². The molecule has 3 aromatic rings. The first-order valence-electron chi connectivity index (χ1n) is 11.5. The minimum absolute atomic E-state index is 0.247. The molecule has 1 aliphatic heterocycles. The molecule has 0 N–H and O–H groups in total. The zero-order valence-corrected chi connectivity index (χ0v) is 19.4. The summed E-state index contributed by atoms with van der Waals surface area (Å²) >= 11 is 0. The Balaban J connectivity index is 1.48. The van der Waals surface area contributed by atoms with E-state index in [4.69, 9.17) is 18.9 Å². The molecule has 3 aromatic carbocycles. The molecule has 0 saturated carbocycles. The van der Waals surface area contributed by atoms with E-state index in [2.05, 4.69) is 50.2 Å². The summed E-state index contributed by atoms with van der Waals surface area (Å²) in [4.78, 5) is 0. The molecule has 0 bridgehead atoms. The lowest BCUT2D eigenvalue weighted by Crippen LogP contribution is -2.37. The van der Waals surface area contributed by atoms with Crippen LogP contribution in [0.5, 0.6) is 0 Å². The van der Waals surface area contributed by atoms with Crippen molar-refractivity contribution < 1.29 is 18.9 Å². The molecule has 3 atom stereocenters. The van der Waals surface area contributed by atoms with Crippen molar-refractivity contribution in [3.8, 4) is 0 Å². The van der Waals surface area contributed by atoms with Crippen molar-refractivity contribution in [2.75, 3.05) is 6.61 Å². The molecule has 1 heterocycles. The van der Waals surface area contributed by atoms with Crippen LogP contribution in [0.1, 0.15) is 30.5 Å². The summed E-state index contributed by atoms with van der Waals surface area (Å²) < 4.78 is 25.2. The van der Waals surface area contributed by atoms with Gasteiger partial charge in [-0.3, -0.25) is 0 Å². The molecule has 4 rings (SSSR count). The molecule has 0 aliphatic carbocycles. The number of benzene rings is 3. The van der Waals surface area contributed by atoms with Crippen LogP contribution in [0.15, 0.2) is 102 Å². The van der Waals surface area contributed by atoms with Crippen molar-refractivity contribution in [3.63, 3.8) is 0 Å². The summed E-state index contributed by atoms with van der Waals surface area (Å²) in [5, 5.41) is 0. The van der Waals surface area contributed by atoms with Gasteiger partial charge >= 0.3 is 0 Å². The highest BCUT2D eigenvalue weighted by molar-refractivity contribution is 5.19. The molecule has 0 amide bonds. The summed E-state index contributed by atoms with van der Waals surface area (Å²) in [6.45, 7) is 6.05. The minimum Gasteiger partial charge on any atom is -0.487 e. The SMILES string of the molecule is CC(C)=C1O[C@H](COCc2ccccc2)[C@@H](OCc2ccccc2)[C@@H]1OCc1ccccc1. The summed E-state index contributed by atoms with van der Waals surface area (Å²) in [5.41, 5.74) is 4.47. The Kier molecular flexibility index (Phi) is 8.31. The van der Waals surface area contributed by atoms with Gasteiger partial charge < -0.3 is 18.9 Å². The molecule has 1 fully saturated rings. The zero-order chi connectivity index (χ0) is 22.9. The first-order valence-corrected chi connectivity index (χ1v) is 11.5. The van der Waals surface area contributed by atoms with E-state index < -0.39 is 0 Å². The van der Waals surface area contributed by atoms with Crippen LogP contribution < -0.4 is 0 Å². The molecule has 172 valence electrons. The summed E-state index contributed by atoms with van der Waals surface area (Å²) in [5.74, 6) is 0.845. The second kappa shape index (κ2) is 11.8. The molecular formula is C29H32O4. The molecule has 0 spiro atoms. The lowest BCUT2D eigenvalue weighted by atomic mass is 10.1. The number of rotatable bonds is 10. The largest absolute Gasteiger partial charge is 0.487 e. The van der Waals surface area contributed by atoms with Gasteiger partial charge in [-0.1, -0.05) is 91.0 Å². The van der Waals surface area contributed by atoms with Gasteiger partial charge in [0.15, 0.2) is 6.10 Å². The summed E-state index contributed by atoms with van der Waals surface area (Å²) in [6.07, 6.45) is -0.804. The maximum atomic E-state index is 6.42. The average molecular weight is 445 g/mol. The van der Waals surface area contributed by atoms with Crippen LogP contribution in [-0.2, 0) is 38.8 Å². The number of ether oxygens (including phenoxy) is 4. The fourth-order valence-corrected chi connectivity index (χ4v) is 3.93. The smallest absolute Gasteiger partial charge is 0.151 e. The van der Waals surface area contributed by atoms with Gasteiger partial charge in [0.1, 0.15) is 18.0 Å². The number of allylic oxidation sites excluding steroid dienone is 1. The van der Waals surface area contributed by atoms with E-state index in [-0.39, 0.29) is 18.3 Å². The molecule has 1 saturated heterocycles. The quantitative estimate of drug-likeness (QED) is 0.380. The molecule has 0 radical (unpaired) electrons. The van der Waals surface area contributed by atoms with Gasteiger partial charge in [-0.2, -0.15) is 0 Å². The molecule has 4 heteroatoms. The van der Waals surface area contributed by atoms with Crippen molar-refractivity contribution in [3.05, 3.63) is 119 Å². The van der Waals surface area contributed by atoms with Crippen LogP contribution in [0.25, 0.3) is 0 Å². The van der Waals surface area contributed by atoms with Crippen LogP contribution in [0.4, 0.5) is 0 Å². The zero-order valence-electron chi connectivity index (χ0n) is 19.4. The van der Waals surface area contributed by atoms with Gasteiger partial charge in [0, 0.05) is 0 Å². The maximum absolute atomic E-state index is 6.42. The van der Waals surface area contributed by atoms with Crippen molar-refractivity contribution in [1.82, 2.24) is 0 Å². The van der Waals surface area contributed by atoms with E-state index in [0.29, 0.717) is 26.4 Å². The lowest BCUT2D eigenvalue weighted by Gasteiger charge is -2.23. The van der Waals surface area contributed by atoms with Crippen molar-refractivity contribution in [2.45, 2.75) is 52.0 Å². The van der Waals surface area contributed by atoms with Gasteiger partial charge in [0.2, 0.25) is 0 Å². The molecule has 33 heavy (non-hydrogen) atoms. The number of hydrogen-bond acceptors (Lipinski definition) is 4. The van der Waals surface area contributed by atoms with Crippen LogP contribution >= 0.6 is 0 Å². The van der Waals surface area contributed by atoms with Crippen LogP contribution in [0.2, 0.25) is 0 Å². The summed E-state index contributed by atoms with van der Waals surface area (Å²) in [6, 6.07) is 30.6. The van der Waals surface area contributed by atoms with Gasteiger partial charge in [0.05, 0.1) is 26.4 Å². The van der Waals surface area contributed by atoms with Gasteiger partial charge in [-0.05, 0) is 36.1 Å². The van der Waals surface area contributed by atoms with E-state index >= 15 is 0 Å². The van der Waals surface area contributed by atoms with Crippen LogP contribution in [0.3, 0.4) is 0 Å². The van der Waals surface area contributed by atoms with E-state index in [1.165, 1.54) is 0 Å². The second-order valence-corrected chi connectivity index (χ2v) is 8.50. The average Bonchev–Trinajstić information content (AvgIpc) is 3.21. The molecule has 4 nitrogen and oxygen atoms in total. The van der Waals surface area contributed by atoms with Gasteiger partial charge in [-0.15, -0.1) is 0 Å². The Morgan fingerprint density at radius 3 is 1.67 bits per heavy atom. The topological polar surface area (TPSA) is 36.9 Å². The predicted octanol–water partition coefficient (Wildman–Crippen LogP) is 6.07. The van der Waals surface area contributed by atoms with Crippen LogP contribution in [-0.4, -0.2) is 24.9 Å². The standard InChI is InChI=1S/C29H32O4/c1-22(2)27-29(32-20-25-16-10-5-11-17-25)28(31-19-24-14-8-4-9-15-24)26(33-27)21-30-18-23-12-6-3-7-13-23/h3-17,26,28-29H,18-21H2,1-2H3/t26-,28-,29-/m1/s1. The maximum Gasteiger partial charge on any atom is 0.151 e. The molecule has 0 unspecified atom stereocenters. The third-order valence-corrected chi connectivity index (χ3v) is 5.65. The van der Waals surface area contributed by atoms with Crippen molar-refractivity contribution in [1.29, 1.82) is 0 Å². The highest BCUT2D eigenvalue weighted by Gasteiger charge is 2.44. The Labute approximate surface area is 196 Å². The van der Waals surface area contributed by atoms with E-state index in [1.807, 2.05) is 54.6 Å². The Hall–Kier alpha value is -2.92. The first kappa shape index (κ1) is 23.2. The predicted molar refractivity (Wildman–Crippen MR) is 129 cm³/mol. The van der Waals surface area contributed by atoms with Gasteiger partial charge in [0.25, 0.3) is 0 Å². The Morgan fingerprint density at radius 2 is 1.15 bits per heavy atom. The van der Waals surface area contributed by atoms with Gasteiger partial charge in [-0.25, -0.2) is 0 Å². The highest BCUT2D eigenvalue weighted by Crippen LogP contribution is 2.33. The lowest BCUT2D eigenvalue weighted by molar-refractivity contribution is -0.0894. The number of hydrogen-bond donors (Lipinski definition) is 0. The third-order valence-electron chi connectivity index (χ3n) is 5.65. The van der Waals surface area contributed by atoms with E-state index in [0.717, 1.165) is 28.0 Å².